The van der Waals surface area contributed by atoms with Crippen LogP contribution in [0.1, 0.15) is 83.5 Å². The van der Waals surface area contributed by atoms with Crippen LogP contribution < -0.4 is 10.8 Å². The predicted molar refractivity (Wildman–Crippen MR) is 161 cm³/mol. The molecule has 0 aromatic heterocycles. The Morgan fingerprint density at radius 1 is 0.778 bits per heavy atom. The Hall–Kier alpha value is -2.29. The van der Waals surface area contributed by atoms with E-state index in [1.54, 1.807) is 0 Å². The van der Waals surface area contributed by atoms with Crippen LogP contribution in [-0.4, -0.2) is 78.0 Å². The molecule has 0 radical (unpaired) electrons. The number of nitrogens with one attached hydrogen (secondary N) is 2. The van der Waals surface area contributed by atoms with Gasteiger partial charge in [0.1, 0.15) is 5.92 Å². The molecule has 0 aromatic carbocycles. The van der Waals surface area contributed by atoms with Crippen molar-refractivity contribution in [1.29, 1.82) is 0 Å². The maximum Gasteiger partial charge on any atom is 0.307 e. The summed E-state index contributed by atoms with van der Waals surface area (Å²) in [5.74, 6) is -7.02. The Morgan fingerprint density at radius 2 is 1.33 bits per heavy atom. The van der Waals surface area contributed by atoms with Crippen LogP contribution in [0.15, 0.2) is 0 Å². The minimum absolute atomic E-state index is 0.155. The van der Waals surface area contributed by atoms with Crippen molar-refractivity contribution in [1.82, 2.24) is 10.8 Å². The second-order valence-electron chi connectivity index (χ2n) is 13.6. The molecule has 0 aromatic rings. The molecule has 16 heteroatoms. The highest BCUT2D eigenvalue weighted by atomic mass is 35.5. The molecule has 4 saturated carbocycles. The van der Waals surface area contributed by atoms with Gasteiger partial charge in [0, 0.05) is 40.1 Å². The van der Waals surface area contributed by atoms with E-state index in [0.717, 1.165) is 19.3 Å². The Bertz CT molecular complexity index is 1070. The van der Waals surface area contributed by atoms with Gasteiger partial charge in [0.05, 0.1) is 23.1 Å². The van der Waals surface area contributed by atoms with Gasteiger partial charge >= 0.3 is 11.9 Å². The SMILES string of the molecule is O=C(O)C1CCCC([N+](=O)[O-])C1C(=O)NC1CCC(CC2CCC(C(NO)C3C(C(=O)O)CCCC3[N+](=O)[O-])C(Cl)C2)CC1Cl. The van der Waals surface area contributed by atoms with E-state index >= 15 is 0 Å². The second-order valence-corrected chi connectivity index (χ2v) is 14.7. The van der Waals surface area contributed by atoms with Gasteiger partial charge in [-0.2, -0.15) is 0 Å². The summed E-state index contributed by atoms with van der Waals surface area (Å²) in [6, 6.07) is -3.58. The fourth-order valence-electron chi connectivity index (χ4n) is 8.90. The first kappa shape index (κ1) is 35.6. The first-order valence-electron chi connectivity index (χ1n) is 16.0. The highest BCUT2D eigenvalue weighted by Crippen LogP contribution is 2.45. The van der Waals surface area contributed by atoms with Crippen molar-refractivity contribution >= 4 is 41.0 Å². The Kier molecular flexibility index (Phi) is 12.3. The normalized spacial score (nSPS) is 39.7. The standard InChI is InChI=1S/C29H44Cl2N4O10/c30-19-12-14(7-9-16(19)26(33-41)24-17(28(37)38)3-1-5-22(24)34(42)43)11-15-8-10-21(20(31)13-15)32-27(36)25-18(29(39)40)4-2-6-23(25)35(44)45/h14-26,33,41H,1-13H2,(H,32,36)(H,37,38)(H,39,40). The van der Waals surface area contributed by atoms with E-state index in [-0.39, 0.29) is 37.0 Å². The molecule has 4 aliphatic carbocycles. The van der Waals surface area contributed by atoms with E-state index in [9.17, 15) is 50.0 Å². The van der Waals surface area contributed by atoms with E-state index in [0.29, 0.717) is 44.9 Å². The number of hydroxylamine groups is 1. The maximum atomic E-state index is 13.2. The number of carbonyl (C=O) groups is 3. The highest BCUT2D eigenvalue weighted by Gasteiger charge is 2.52. The molecule has 0 heterocycles. The largest absolute Gasteiger partial charge is 0.481 e. The molecule has 4 rings (SSSR count). The summed E-state index contributed by atoms with van der Waals surface area (Å²) in [6.07, 6.45) is 6.39. The Balaban J connectivity index is 1.32. The van der Waals surface area contributed by atoms with Crippen LogP contribution in [-0.2, 0) is 14.4 Å². The zero-order valence-electron chi connectivity index (χ0n) is 25.0. The topological polar surface area (TPSA) is 222 Å². The molecule has 254 valence electrons. The van der Waals surface area contributed by atoms with Crippen molar-refractivity contribution in [3.05, 3.63) is 20.2 Å². The molecule has 1 amide bonds. The summed E-state index contributed by atoms with van der Waals surface area (Å²) in [6.45, 7) is 0. The van der Waals surface area contributed by atoms with Gasteiger partial charge < -0.3 is 20.7 Å². The lowest BCUT2D eigenvalue weighted by Crippen LogP contribution is -2.56. The van der Waals surface area contributed by atoms with Crippen LogP contribution >= 0.6 is 23.2 Å². The number of halogens is 2. The number of carbonyl (C=O) groups excluding carboxylic acids is 1. The number of nitro groups is 2. The van der Waals surface area contributed by atoms with Gasteiger partial charge in [-0.25, -0.2) is 5.48 Å². The molecule has 13 unspecified atom stereocenters. The van der Waals surface area contributed by atoms with Crippen molar-refractivity contribution < 1.29 is 39.7 Å². The summed E-state index contributed by atoms with van der Waals surface area (Å²) < 4.78 is 0. The highest BCUT2D eigenvalue weighted by molar-refractivity contribution is 6.21. The monoisotopic (exact) mass is 678 g/mol. The van der Waals surface area contributed by atoms with Crippen molar-refractivity contribution in [3.8, 4) is 0 Å². The van der Waals surface area contributed by atoms with Gasteiger partial charge in [0.25, 0.3) is 0 Å². The minimum atomic E-state index is -1.25. The van der Waals surface area contributed by atoms with Crippen LogP contribution in [0.4, 0.5) is 0 Å². The fourth-order valence-corrected chi connectivity index (χ4v) is 9.87. The third-order valence-electron chi connectivity index (χ3n) is 11.1. The number of nitrogens with zero attached hydrogens (tertiary/aromatic N) is 2. The van der Waals surface area contributed by atoms with Crippen molar-refractivity contribution in [2.45, 2.75) is 118 Å². The molecular formula is C29H44Cl2N4O10. The van der Waals surface area contributed by atoms with Crippen LogP contribution in [0.25, 0.3) is 0 Å². The molecule has 4 fully saturated rings. The average Bonchev–Trinajstić information content (AvgIpc) is 2.99. The number of aliphatic carboxylic acids is 2. The quantitative estimate of drug-likeness (QED) is 0.120. The molecule has 5 N–H and O–H groups in total. The van der Waals surface area contributed by atoms with Crippen LogP contribution in [0.5, 0.6) is 0 Å². The van der Waals surface area contributed by atoms with Gasteiger partial charge in [-0.3, -0.25) is 34.6 Å². The van der Waals surface area contributed by atoms with Gasteiger partial charge in [0.2, 0.25) is 18.0 Å². The first-order valence-corrected chi connectivity index (χ1v) is 16.9. The van der Waals surface area contributed by atoms with E-state index in [1.165, 1.54) is 0 Å². The number of amides is 1. The Labute approximate surface area is 271 Å². The molecule has 0 bridgehead atoms. The van der Waals surface area contributed by atoms with E-state index in [1.807, 2.05) is 0 Å². The first-order chi connectivity index (χ1) is 21.3. The lowest BCUT2D eigenvalue weighted by Gasteiger charge is -2.44. The van der Waals surface area contributed by atoms with Gasteiger partial charge in [-0.05, 0) is 82.0 Å². The van der Waals surface area contributed by atoms with Crippen molar-refractivity contribution in [3.63, 3.8) is 0 Å². The Morgan fingerprint density at radius 3 is 1.87 bits per heavy atom. The number of hydrogen-bond donors (Lipinski definition) is 5. The van der Waals surface area contributed by atoms with Crippen LogP contribution in [0, 0.1) is 61.7 Å². The van der Waals surface area contributed by atoms with Gasteiger partial charge in [-0.1, -0.05) is 6.42 Å². The summed E-state index contributed by atoms with van der Waals surface area (Å²) in [5, 5.41) is 55.0. The summed E-state index contributed by atoms with van der Waals surface area (Å²) in [4.78, 5) is 59.5. The molecular weight excluding hydrogens is 635 g/mol. The maximum absolute atomic E-state index is 13.2. The lowest BCUT2D eigenvalue weighted by molar-refractivity contribution is -0.539. The second kappa shape index (κ2) is 15.5. The molecule has 4 aliphatic rings. The third-order valence-corrected chi connectivity index (χ3v) is 12.1. The number of hydrogen-bond acceptors (Lipinski definition) is 9. The summed E-state index contributed by atoms with van der Waals surface area (Å²) >= 11 is 13.6. The average molecular weight is 680 g/mol. The smallest absolute Gasteiger partial charge is 0.307 e. The minimum Gasteiger partial charge on any atom is -0.481 e. The number of alkyl halides is 2. The molecule has 0 aliphatic heterocycles. The van der Waals surface area contributed by atoms with Gasteiger partial charge in [-0.15, -0.1) is 23.2 Å². The van der Waals surface area contributed by atoms with Crippen molar-refractivity contribution in [2.24, 2.45) is 41.4 Å². The number of carboxylic acid groups (broad SMARTS) is 2. The fraction of sp³-hybridized carbons (Fsp3) is 0.897. The van der Waals surface area contributed by atoms with E-state index in [2.05, 4.69) is 10.8 Å². The van der Waals surface area contributed by atoms with Crippen molar-refractivity contribution in [2.75, 3.05) is 0 Å². The molecule has 13 atom stereocenters. The molecule has 0 spiro atoms. The zero-order valence-corrected chi connectivity index (χ0v) is 26.6. The molecule has 14 nitrogen and oxygen atoms in total. The molecule has 0 saturated heterocycles. The molecule has 45 heavy (non-hydrogen) atoms. The number of carboxylic acids is 2. The summed E-state index contributed by atoms with van der Waals surface area (Å²) in [7, 11) is 0. The van der Waals surface area contributed by atoms with Crippen LogP contribution in [0.2, 0.25) is 0 Å². The number of rotatable bonds is 11. The van der Waals surface area contributed by atoms with E-state index in [4.69, 9.17) is 23.2 Å². The zero-order chi connectivity index (χ0) is 33.0. The third kappa shape index (κ3) is 8.17. The summed E-state index contributed by atoms with van der Waals surface area (Å²) in [5.41, 5.74) is 2.23. The van der Waals surface area contributed by atoms with Crippen LogP contribution in [0.3, 0.4) is 0 Å². The van der Waals surface area contributed by atoms with Gasteiger partial charge in [0.15, 0.2) is 0 Å². The predicted octanol–water partition coefficient (Wildman–Crippen LogP) is 3.93. The van der Waals surface area contributed by atoms with E-state index < -0.39 is 86.3 Å². The lowest BCUT2D eigenvalue weighted by atomic mass is 9.65.